The van der Waals surface area contributed by atoms with E-state index in [1.807, 2.05) is 18.2 Å². The molecule has 0 bridgehead atoms. The number of carbonyl (C=O) groups is 1. The number of ether oxygens (including phenoxy) is 1. The molecule has 17 heavy (non-hydrogen) atoms. The molecule has 1 aromatic carbocycles. The maximum Gasteiger partial charge on any atom is 0.269 e. The van der Waals surface area contributed by atoms with E-state index in [4.69, 9.17) is 9.57 Å². The minimum atomic E-state index is -0.205. The van der Waals surface area contributed by atoms with Crippen LogP contribution in [-0.4, -0.2) is 31.7 Å². The van der Waals surface area contributed by atoms with Crippen LogP contribution >= 0.6 is 0 Å². The van der Waals surface area contributed by atoms with Gasteiger partial charge in [0.2, 0.25) is 0 Å². The standard InChI is InChI=1S/C13H15NO3/c1-14(16-2)12(15)7-6-10-4-3-5-11-8-9-17-13(10)11/h3-7H,8-9H2,1-2H3/b7-6+. The monoisotopic (exact) mass is 233 g/mol. The van der Waals surface area contributed by atoms with Crippen molar-refractivity contribution in [3.8, 4) is 5.75 Å². The molecule has 90 valence electrons. The van der Waals surface area contributed by atoms with E-state index in [1.165, 1.54) is 23.8 Å². The van der Waals surface area contributed by atoms with Gasteiger partial charge < -0.3 is 4.74 Å². The highest BCUT2D eigenvalue weighted by atomic mass is 16.7. The maximum absolute atomic E-state index is 11.5. The second-order valence-electron chi connectivity index (χ2n) is 3.79. The third-order valence-electron chi connectivity index (χ3n) is 2.73. The Morgan fingerprint density at radius 2 is 2.35 bits per heavy atom. The van der Waals surface area contributed by atoms with Crippen molar-refractivity contribution in [3.05, 3.63) is 35.4 Å². The van der Waals surface area contributed by atoms with Gasteiger partial charge in [0.1, 0.15) is 5.75 Å². The van der Waals surface area contributed by atoms with Crippen LogP contribution in [0, 0.1) is 0 Å². The van der Waals surface area contributed by atoms with Crippen LogP contribution in [0.25, 0.3) is 6.08 Å². The Morgan fingerprint density at radius 1 is 1.53 bits per heavy atom. The summed E-state index contributed by atoms with van der Waals surface area (Å²) < 4.78 is 5.54. The lowest BCUT2D eigenvalue weighted by Gasteiger charge is -2.10. The van der Waals surface area contributed by atoms with Crippen molar-refractivity contribution in [1.82, 2.24) is 5.06 Å². The van der Waals surface area contributed by atoms with Crippen LogP contribution in [0.15, 0.2) is 24.3 Å². The van der Waals surface area contributed by atoms with E-state index in [0.717, 1.165) is 17.7 Å². The highest BCUT2D eigenvalue weighted by Crippen LogP contribution is 2.30. The molecule has 1 heterocycles. The molecule has 0 saturated heterocycles. The van der Waals surface area contributed by atoms with Crippen LogP contribution in [-0.2, 0) is 16.1 Å². The first kappa shape index (κ1) is 11.7. The van der Waals surface area contributed by atoms with Crippen molar-refractivity contribution in [2.24, 2.45) is 0 Å². The Hall–Kier alpha value is -1.81. The number of benzene rings is 1. The number of rotatable bonds is 3. The zero-order valence-corrected chi connectivity index (χ0v) is 9.97. The SMILES string of the molecule is CON(C)C(=O)/C=C/c1cccc2c1OCC2. The fraction of sp³-hybridized carbons (Fsp3) is 0.308. The fourth-order valence-corrected chi connectivity index (χ4v) is 1.73. The highest BCUT2D eigenvalue weighted by Gasteiger charge is 2.14. The molecule has 0 radical (unpaired) electrons. The van der Waals surface area contributed by atoms with E-state index < -0.39 is 0 Å². The number of para-hydroxylation sites is 1. The molecule has 4 nitrogen and oxygen atoms in total. The first-order chi connectivity index (χ1) is 8.22. The average molecular weight is 233 g/mol. The molecule has 0 unspecified atom stereocenters. The normalized spacial score (nSPS) is 13.5. The van der Waals surface area contributed by atoms with Crippen LogP contribution < -0.4 is 4.74 Å². The molecule has 0 N–H and O–H groups in total. The summed E-state index contributed by atoms with van der Waals surface area (Å²) in [5.41, 5.74) is 2.12. The van der Waals surface area contributed by atoms with Gasteiger partial charge >= 0.3 is 0 Å². The van der Waals surface area contributed by atoms with Gasteiger partial charge in [0.15, 0.2) is 0 Å². The topological polar surface area (TPSA) is 38.8 Å². The van der Waals surface area contributed by atoms with Crippen molar-refractivity contribution in [3.63, 3.8) is 0 Å². The average Bonchev–Trinajstić information content (AvgIpc) is 2.83. The number of amides is 1. The summed E-state index contributed by atoms with van der Waals surface area (Å²) in [5.74, 6) is 0.680. The molecule has 1 aliphatic rings. The Balaban J connectivity index is 2.17. The lowest BCUT2D eigenvalue weighted by molar-refractivity contribution is -0.162. The summed E-state index contributed by atoms with van der Waals surface area (Å²) in [4.78, 5) is 16.3. The molecule has 0 aromatic heterocycles. The molecule has 0 spiro atoms. The lowest BCUT2D eigenvalue weighted by atomic mass is 10.1. The quantitative estimate of drug-likeness (QED) is 0.588. The third-order valence-corrected chi connectivity index (χ3v) is 2.73. The van der Waals surface area contributed by atoms with Crippen LogP contribution in [0.4, 0.5) is 0 Å². The molecule has 2 rings (SSSR count). The van der Waals surface area contributed by atoms with Crippen molar-refractivity contribution < 1.29 is 14.4 Å². The Kier molecular flexibility index (Phi) is 3.44. The summed E-state index contributed by atoms with van der Waals surface area (Å²) in [6, 6.07) is 5.95. The van der Waals surface area contributed by atoms with E-state index in [2.05, 4.69) is 0 Å². The summed E-state index contributed by atoms with van der Waals surface area (Å²) in [6.45, 7) is 0.714. The van der Waals surface area contributed by atoms with E-state index in [-0.39, 0.29) is 5.91 Å². The van der Waals surface area contributed by atoms with Gasteiger partial charge in [-0.3, -0.25) is 9.63 Å². The van der Waals surface area contributed by atoms with E-state index in [0.29, 0.717) is 6.61 Å². The van der Waals surface area contributed by atoms with Gasteiger partial charge in [-0.15, -0.1) is 0 Å². The summed E-state index contributed by atoms with van der Waals surface area (Å²) in [7, 11) is 3.02. The number of carbonyl (C=O) groups excluding carboxylic acids is 1. The molecule has 1 amide bonds. The van der Waals surface area contributed by atoms with Gasteiger partial charge in [0, 0.05) is 25.1 Å². The van der Waals surface area contributed by atoms with Crippen molar-refractivity contribution in [1.29, 1.82) is 0 Å². The predicted molar refractivity (Wildman–Crippen MR) is 64.5 cm³/mol. The summed E-state index contributed by atoms with van der Waals surface area (Å²) in [6.07, 6.45) is 4.16. The van der Waals surface area contributed by atoms with Crippen molar-refractivity contribution in [2.75, 3.05) is 20.8 Å². The second kappa shape index (κ2) is 5.01. The van der Waals surface area contributed by atoms with E-state index >= 15 is 0 Å². The Morgan fingerprint density at radius 3 is 3.12 bits per heavy atom. The van der Waals surface area contributed by atoms with Crippen LogP contribution in [0.3, 0.4) is 0 Å². The molecule has 0 aliphatic carbocycles. The molecular weight excluding hydrogens is 218 g/mol. The van der Waals surface area contributed by atoms with Crippen molar-refractivity contribution >= 4 is 12.0 Å². The van der Waals surface area contributed by atoms with E-state index in [9.17, 15) is 4.79 Å². The van der Waals surface area contributed by atoms with Gasteiger partial charge in [-0.2, -0.15) is 0 Å². The maximum atomic E-state index is 11.5. The van der Waals surface area contributed by atoms with Gasteiger partial charge in [-0.1, -0.05) is 18.2 Å². The lowest BCUT2D eigenvalue weighted by Crippen LogP contribution is -2.22. The molecule has 1 aliphatic heterocycles. The number of hydrogen-bond acceptors (Lipinski definition) is 3. The molecule has 1 aromatic rings. The van der Waals surface area contributed by atoms with Crippen LogP contribution in [0.2, 0.25) is 0 Å². The van der Waals surface area contributed by atoms with Crippen LogP contribution in [0.1, 0.15) is 11.1 Å². The molecule has 4 heteroatoms. The smallest absolute Gasteiger partial charge is 0.269 e. The summed E-state index contributed by atoms with van der Waals surface area (Å²) >= 11 is 0. The van der Waals surface area contributed by atoms with Crippen LogP contribution in [0.5, 0.6) is 5.75 Å². The Labute approximate surface area is 100 Å². The minimum absolute atomic E-state index is 0.205. The Bertz CT molecular complexity index is 454. The minimum Gasteiger partial charge on any atom is -0.492 e. The second-order valence-corrected chi connectivity index (χ2v) is 3.79. The zero-order valence-electron chi connectivity index (χ0n) is 9.97. The van der Waals surface area contributed by atoms with Gasteiger partial charge in [-0.05, 0) is 11.6 Å². The van der Waals surface area contributed by atoms with Gasteiger partial charge in [0.05, 0.1) is 13.7 Å². The molecule has 0 atom stereocenters. The van der Waals surface area contributed by atoms with E-state index in [1.54, 1.807) is 13.1 Å². The van der Waals surface area contributed by atoms with Crippen molar-refractivity contribution in [2.45, 2.75) is 6.42 Å². The largest absolute Gasteiger partial charge is 0.492 e. The molecular formula is C13H15NO3. The molecule has 0 saturated carbocycles. The molecule has 0 fully saturated rings. The number of fused-ring (bicyclic) bond motifs is 1. The zero-order chi connectivity index (χ0) is 12.3. The number of hydrogen-bond donors (Lipinski definition) is 0. The first-order valence-corrected chi connectivity index (χ1v) is 5.47. The predicted octanol–water partition coefficient (Wildman–Crippen LogP) is 1.65. The fourth-order valence-electron chi connectivity index (χ4n) is 1.73. The first-order valence-electron chi connectivity index (χ1n) is 5.47. The highest BCUT2D eigenvalue weighted by molar-refractivity contribution is 5.91. The summed E-state index contributed by atoms with van der Waals surface area (Å²) in [5, 5.41) is 1.17. The van der Waals surface area contributed by atoms with Gasteiger partial charge in [-0.25, -0.2) is 5.06 Å². The number of nitrogens with zero attached hydrogens (tertiary/aromatic N) is 1. The third kappa shape index (κ3) is 2.47. The van der Waals surface area contributed by atoms with Gasteiger partial charge in [0.25, 0.3) is 5.91 Å². The number of likely N-dealkylation sites (N-methyl/N-ethyl adjacent to an activating group) is 1. The number of hydroxylamine groups is 2.